The Balaban J connectivity index is 1.86. The second kappa shape index (κ2) is 9.81. The number of hydrogen-bond acceptors (Lipinski definition) is 3. The topological polar surface area (TPSA) is 63.1 Å². The maximum atomic E-state index is 10.9. The van der Waals surface area contributed by atoms with Gasteiger partial charge in [-0.05, 0) is 31.0 Å². The summed E-state index contributed by atoms with van der Waals surface area (Å²) in [6.45, 7) is 2.24. The number of aryl methyl sites for hydroxylation is 1. The molecule has 0 unspecified atom stereocenters. The summed E-state index contributed by atoms with van der Waals surface area (Å²) in [5, 5.41) is 8.95. The van der Waals surface area contributed by atoms with Crippen LogP contribution in [0, 0.1) is 0 Å². The van der Waals surface area contributed by atoms with E-state index in [1.165, 1.54) is 38.5 Å². The Morgan fingerprint density at radius 3 is 2.29 bits per heavy atom. The van der Waals surface area contributed by atoms with Gasteiger partial charge in [0.15, 0.2) is 5.82 Å². The Morgan fingerprint density at radius 2 is 1.62 bits per heavy atom. The number of carboxylic acid groups (broad SMARTS) is 1. The summed E-state index contributed by atoms with van der Waals surface area (Å²) in [7, 11) is 0. The third kappa shape index (κ3) is 5.76. The molecule has 2 rings (SSSR count). The average molecular weight is 326 g/mol. The Labute approximate surface area is 144 Å². The molecule has 0 aliphatic carbocycles. The third-order valence-electron chi connectivity index (χ3n) is 4.14. The maximum Gasteiger partial charge on any atom is 0.335 e. The number of aromatic carboxylic acids is 1. The second-order valence-electron chi connectivity index (χ2n) is 6.13. The summed E-state index contributed by atoms with van der Waals surface area (Å²) in [6.07, 6.45) is 11.8. The number of rotatable bonds is 10. The highest BCUT2D eigenvalue weighted by Gasteiger charge is 2.06. The van der Waals surface area contributed by atoms with Crippen LogP contribution in [-0.4, -0.2) is 21.0 Å². The zero-order chi connectivity index (χ0) is 17.2. The van der Waals surface area contributed by atoms with Crippen molar-refractivity contribution < 1.29 is 9.90 Å². The summed E-state index contributed by atoms with van der Waals surface area (Å²) in [4.78, 5) is 19.8. The number of benzene rings is 1. The van der Waals surface area contributed by atoms with Gasteiger partial charge >= 0.3 is 5.97 Å². The van der Waals surface area contributed by atoms with Crippen molar-refractivity contribution in [3.05, 3.63) is 47.8 Å². The molecule has 2 aromatic rings. The summed E-state index contributed by atoms with van der Waals surface area (Å²) in [5.41, 5.74) is 2.18. The lowest BCUT2D eigenvalue weighted by Crippen LogP contribution is -1.98. The predicted molar refractivity (Wildman–Crippen MR) is 96.1 cm³/mol. The van der Waals surface area contributed by atoms with Crippen LogP contribution in [0.1, 0.15) is 67.9 Å². The first kappa shape index (κ1) is 18.1. The molecule has 1 aromatic heterocycles. The fourth-order valence-corrected chi connectivity index (χ4v) is 2.70. The van der Waals surface area contributed by atoms with E-state index in [-0.39, 0.29) is 5.56 Å². The van der Waals surface area contributed by atoms with Crippen LogP contribution in [0.2, 0.25) is 0 Å². The monoisotopic (exact) mass is 326 g/mol. The van der Waals surface area contributed by atoms with E-state index in [2.05, 4.69) is 16.9 Å². The smallest absolute Gasteiger partial charge is 0.335 e. The first-order valence-electron chi connectivity index (χ1n) is 8.86. The number of aromatic nitrogens is 2. The molecule has 0 fully saturated rings. The molecule has 4 heteroatoms. The van der Waals surface area contributed by atoms with Crippen LogP contribution in [0.25, 0.3) is 11.4 Å². The van der Waals surface area contributed by atoms with E-state index in [1.807, 2.05) is 6.07 Å². The number of carboxylic acids is 1. The van der Waals surface area contributed by atoms with Gasteiger partial charge in [0.25, 0.3) is 0 Å². The van der Waals surface area contributed by atoms with E-state index >= 15 is 0 Å². The van der Waals surface area contributed by atoms with Gasteiger partial charge < -0.3 is 5.11 Å². The molecule has 1 heterocycles. The summed E-state index contributed by atoms with van der Waals surface area (Å²) >= 11 is 0. The van der Waals surface area contributed by atoms with E-state index in [4.69, 9.17) is 5.11 Å². The Hall–Kier alpha value is -2.23. The third-order valence-corrected chi connectivity index (χ3v) is 4.14. The van der Waals surface area contributed by atoms with Gasteiger partial charge in [-0.2, -0.15) is 0 Å². The molecule has 4 nitrogen and oxygen atoms in total. The van der Waals surface area contributed by atoms with Crippen molar-refractivity contribution in [1.29, 1.82) is 0 Å². The van der Waals surface area contributed by atoms with Crippen molar-refractivity contribution in [1.82, 2.24) is 9.97 Å². The highest BCUT2D eigenvalue weighted by Crippen LogP contribution is 2.17. The lowest BCUT2D eigenvalue weighted by molar-refractivity contribution is 0.0697. The normalized spacial score (nSPS) is 10.7. The number of unbranched alkanes of at least 4 members (excludes halogenated alkanes) is 6. The van der Waals surface area contributed by atoms with Crippen molar-refractivity contribution in [2.24, 2.45) is 0 Å². The number of nitrogens with zero attached hydrogens (tertiary/aromatic N) is 2. The highest BCUT2D eigenvalue weighted by atomic mass is 16.4. The summed E-state index contributed by atoms with van der Waals surface area (Å²) in [5.74, 6) is -0.262. The number of hydrogen-bond donors (Lipinski definition) is 1. The minimum Gasteiger partial charge on any atom is -0.478 e. The van der Waals surface area contributed by atoms with Crippen molar-refractivity contribution >= 4 is 5.97 Å². The first-order chi connectivity index (χ1) is 11.7. The average Bonchev–Trinajstić information content (AvgIpc) is 2.61. The minimum absolute atomic E-state index is 0.276. The second-order valence-corrected chi connectivity index (χ2v) is 6.13. The Morgan fingerprint density at radius 1 is 0.958 bits per heavy atom. The van der Waals surface area contributed by atoms with Crippen LogP contribution in [0.5, 0.6) is 0 Å². The van der Waals surface area contributed by atoms with Crippen LogP contribution >= 0.6 is 0 Å². The number of carbonyl (C=O) groups is 1. The van der Waals surface area contributed by atoms with Crippen molar-refractivity contribution in [2.75, 3.05) is 0 Å². The molecule has 128 valence electrons. The molecular weight excluding hydrogens is 300 g/mol. The molecule has 24 heavy (non-hydrogen) atoms. The van der Waals surface area contributed by atoms with Crippen molar-refractivity contribution in [2.45, 2.75) is 58.3 Å². The quantitative estimate of drug-likeness (QED) is 0.614. The van der Waals surface area contributed by atoms with Gasteiger partial charge in [0.05, 0.1) is 5.56 Å². The Bertz CT molecular complexity index is 638. The SMILES string of the molecule is CCCCCCCCCc1ccnc(-c2ccc(C(=O)O)cc2)n1. The highest BCUT2D eigenvalue weighted by molar-refractivity contribution is 5.88. The molecule has 0 bridgehead atoms. The fraction of sp³-hybridized carbons (Fsp3) is 0.450. The van der Waals surface area contributed by atoms with Crippen molar-refractivity contribution in [3.63, 3.8) is 0 Å². The summed E-state index contributed by atoms with van der Waals surface area (Å²) < 4.78 is 0. The van der Waals surface area contributed by atoms with Gasteiger partial charge in [-0.25, -0.2) is 14.8 Å². The molecule has 0 amide bonds. The largest absolute Gasteiger partial charge is 0.478 e. The minimum atomic E-state index is -0.921. The van der Waals surface area contributed by atoms with Gasteiger partial charge in [-0.1, -0.05) is 57.6 Å². The maximum absolute atomic E-state index is 10.9. The van der Waals surface area contributed by atoms with E-state index < -0.39 is 5.97 Å². The summed E-state index contributed by atoms with van der Waals surface area (Å²) in [6, 6.07) is 8.66. The van der Waals surface area contributed by atoms with E-state index in [0.29, 0.717) is 5.82 Å². The van der Waals surface area contributed by atoms with Gasteiger partial charge in [0.2, 0.25) is 0 Å². The predicted octanol–water partition coefficient (Wildman–Crippen LogP) is 5.13. The standard InChI is InChI=1S/C20H26N2O2/c1-2-3-4-5-6-7-8-9-18-14-15-21-19(22-18)16-10-12-17(13-11-16)20(23)24/h10-15H,2-9H2,1H3,(H,23,24). The molecule has 1 aromatic carbocycles. The van der Waals surface area contributed by atoms with Gasteiger partial charge in [-0.3, -0.25) is 0 Å². The molecular formula is C20H26N2O2. The van der Waals surface area contributed by atoms with Gasteiger partial charge in [0.1, 0.15) is 0 Å². The lowest BCUT2D eigenvalue weighted by atomic mass is 10.1. The zero-order valence-corrected chi connectivity index (χ0v) is 14.4. The molecule has 0 atom stereocenters. The van der Waals surface area contributed by atoms with Gasteiger partial charge in [-0.15, -0.1) is 0 Å². The van der Waals surface area contributed by atoms with Crippen LogP contribution in [0.15, 0.2) is 36.5 Å². The van der Waals surface area contributed by atoms with Crippen LogP contribution in [-0.2, 0) is 6.42 Å². The molecule has 0 spiro atoms. The van der Waals surface area contributed by atoms with E-state index in [0.717, 1.165) is 24.1 Å². The van der Waals surface area contributed by atoms with E-state index in [1.54, 1.807) is 30.5 Å². The van der Waals surface area contributed by atoms with Gasteiger partial charge in [0, 0.05) is 17.5 Å². The molecule has 0 aliphatic rings. The fourth-order valence-electron chi connectivity index (χ4n) is 2.70. The molecule has 0 radical (unpaired) electrons. The zero-order valence-electron chi connectivity index (χ0n) is 14.4. The first-order valence-corrected chi connectivity index (χ1v) is 8.86. The van der Waals surface area contributed by atoms with Crippen LogP contribution in [0.4, 0.5) is 0 Å². The lowest BCUT2D eigenvalue weighted by Gasteiger charge is -2.05. The molecule has 0 aliphatic heterocycles. The van der Waals surface area contributed by atoms with Crippen LogP contribution in [0.3, 0.4) is 0 Å². The molecule has 0 saturated heterocycles. The van der Waals surface area contributed by atoms with Crippen molar-refractivity contribution in [3.8, 4) is 11.4 Å². The van der Waals surface area contributed by atoms with E-state index in [9.17, 15) is 4.79 Å². The Kier molecular flexibility index (Phi) is 7.40. The molecule has 0 saturated carbocycles. The van der Waals surface area contributed by atoms with Crippen LogP contribution < -0.4 is 0 Å². The molecule has 1 N–H and O–H groups in total.